The van der Waals surface area contributed by atoms with Crippen LogP contribution >= 0.6 is 0 Å². The van der Waals surface area contributed by atoms with E-state index in [0.717, 1.165) is 31.0 Å². The van der Waals surface area contributed by atoms with Crippen molar-refractivity contribution in [3.8, 4) is 0 Å². The average molecular weight is 206 g/mol. The van der Waals surface area contributed by atoms with Gasteiger partial charge >= 0.3 is 0 Å². The molecule has 0 aromatic heterocycles. The second-order valence-corrected chi connectivity index (χ2v) is 5.01. The number of fused-ring (bicyclic) bond motifs is 1. The Bertz CT molecular complexity index is 284. The fourth-order valence-corrected chi connectivity index (χ4v) is 3.39. The third-order valence-corrected chi connectivity index (χ3v) is 4.20. The molecule has 82 valence electrons. The normalized spacial score (nSPS) is 39.2. The largest absolute Gasteiger partial charge is 0.338 e. The molecule has 0 bridgehead atoms. The van der Waals surface area contributed by atoms with Gasteiger partial charge in [-0.2, -0.15) is 0 Å². The summed E-state index contributed by atoms with van der Waals surface area (Å²) in [5.41, 5.74) is 0. The van der Waals surface area contributed by atoms with Crippen LogP contribution in [0.25, 0.3) is 0 Å². The van der Waals surface area contributed by atoms with E-state index in [1.54, 1.807) is 0 Å². The van der Waals surface area contributed by atoms with Crippen molar-refractivity contribution < 1.29 is 4.79 Å². The lowest BCUT2D eigenvalue weighted by Crippen LogP contribution is -2.35. The molecule has 2 heterocycles. The number of likely N-dealkylation sites (tertiary alicyclic amines) is 2. The van der Waals surface area contributed by atoms with Crippen molar-refractivity contribution in [2.45, 2.75) is 18.9 Å². The van der Waals surface area contributed by atoms with E-state index in [9.17, 15) is 4.79 Å². The Labute approximate surface area is 90.7 Å². The summed E-state index contributed by atoms with van der Waals surface area (Å²) in [6, 6.07) is 0.807. The Balaban J connectivity index is 1.57. The molecule has 2 saturated heterocycles. The number of piperidine rings is 1. The van der Waals surface area contributed by atoms with Crippen LogP contribution in [-0.2, 0) is 4.79 Å². The number of rotatable bonds is 2. The van der Waals surface area contributed by atoms with Gasteiger partial charge in [0.2, 0.25) is 5.91 Å². The number of hydrogen-bond donors (Lipinski definition) is 0. The number of hydrogen-bond acceptors (Lipinski definition) is 2. The first-order chi connectivity index (χ1) is 7.31. The van der Waals surface area contributed by atoms with Crippen LogP contribution in [-0.4, -0.2) is 47.9 Å². The molecule has 1 amide bonds. The molecule has 15 heavy (non-hydrogen) atoms. The van der Waals surface area contributed by atoms with Gasteiger partial charge in [0.1, 0.15) is 0 Å². The van der Waals surface area contributed by atoms with Crippen LogP contribution in [0.2, 0.25) is 0 Å². The van der Waals surface area contributed by atoms with E-state index in [1.807, 2.05) is 4.90 Å². The minimum absolute atomic E-state index is 0.113. The van der Waals surface area contributed by atoms with E-state index in [0.29, 0.717) is 0 Å². The van der Waals surface area contributed by atoms with Crippen molar-refractivity contribution in [1.29, 1.82) is 0 Å². The lowest BCUT2D eigenvalue weighted by atomic mass is 10.3. The van der Waals surface area contributed by atoms with Crippen LogP contribution in [0.4, 0.5) is 0 Å². The Kier molecular flexibility index (Phi) is 2.09. The summed E-state index contributed by atoms with van der Waals surface area (Å²) in [5.74, 6) is 1.65. The van der Waals surface area contributed by atoms with Crippen LogP contribution in [0.1, 0.15) is 12.8 Å². The van der Waals surface area contributed by atoms with Gasteiger partial charge in [0.15, 0.2) is 0 Å². The molecule has 0 aromatic carbocycles. The summed E-state index contributed by atoms with van der Waals surface area (Å²) in [6.07, 6.45) is 4.17. The highest BCUT2D eigenvalue weighted by molar-refractivity contribution is 5.87. The van der Waals surface area contributed by atoms with E-state index < -0.39 is 0 Å². The molecule has 3 rings (SSSR count). The summed E-state index contributed by atoms with van der Waals surface area (Å²) >= 11 is 0. The van der Waals surface area contributed by atoms with E-state index in [-0.39, 0.29) is 5.91 Å². The zero-order chi connectivity index (χ0) is 10.4. The highest BCUT2D eigenvalue weighted by Gasteiger charge is 2.58. The third-order valence-electron chi connectivity index (χ3n) is 4.20. The van der Waals surface area contributed by atoms with Gasteiger partial charge in [0.25, 0.3) is 0 Å². The third kappa shape index (κ3) is 1.41. The zero-order valence-corrected chi connectivity index (χ0v) is 9.06. The molecule has 0 N–H and O–H groups in total. The quantitative estimate of drug-likeness (QED) is 0.622. The summed E-state index contributed by atoms with van der Waals surface area (Å²) in [6.45, 7) is 8.05. The number of amides is 1. The highest BCUT2D eigenvalue weighted by atomic mass is 16.2. The lowest BCUT2D eigenvalue weighted by molar-refractivity contribution is -0.125. The van der Waals surface area contributed by atoms with Crippen molar-refractivity contribution in [2.24, 2.45) is 11.8 Å². The van der Waals surface area contributed by atoms with Crippen molar-refractivity contribution in [3.63, 3.8) is 0 Å². The van der Waals surface area contributed by atoms with Gasteiger partial charge in [0.05, 0.1) is 0 Å². The van der Waals surface area contributed by atoms with Crippen molar-refractivity contribution in [3.05, 3.63) is 12.7 Å². The molecule has 3 nitrogen and oxygen atoms in total. The van der Waals surface area contributed by atoms with Crippen LogP contribution in [0.15, 0.2) is 12.7 Å². The molecule has 2 atom stereocenters. The molecule has 2 unspecified atom stereocenters. The maximum absolute atomic E-state index is 11.4. The van der Waals surface area contributed by atoms with Gasteiger partial charge in [-0.1, -0.05) is 6.58 Å². The van der Waals surface area contributed by atoms with Crippen LogP contribution in [0.5, 0.6) is 0 Å². The van der Waals surface area contributed by atoms with E-state index >= 15 is 0 Å². The van der Waals surface area contributed by atoms with Crippen LogP contribution in [0.3, 0.4) is 0 Å². The molecule has 0 radical (unpaired) electrons. The standard InChI is InChI=1S/C12H18N2O/c1-2-11(15)14-7-9-10(8-14)12(9)13-5-3-4-6-13/h2,9-10,12H,1,3-8H2. The number of carbonyl (C=O) groups excluding carboxylic acids is 1. The first-order valence-electron chi connectivity index (χ1n) is 5.96. The van der Waals surface area contributed by atoms with Crippen LogP contribution in [0, 0.1) is 11.8 Å². The molecule has 3 heteroatoms. The van der Waals surface area contributed by atoms with Gasteiger partial charge in [-0.3, -0.25) is 9.69 Å². The second-order valence-electron chi connectivity index (χ2n) is 5.01. The zero-order valence-electron chi connectivity index (χ0n) is 9.06. The second kappa shape index (κ2) is 3.34. The molecule has 3 fully saturated rings. The maximum atomic E-state index is 11.4. The predicted octanol–water partition coefficient (Wildman–Crippen LogP) is 0.725. The molecule has 2 aliphatic heterocycles. The molecule has 1 aliphatic carbocycles. The summed E-state index contributed by atoms with van der Waals surface area (Å²) in [7, 11) is 0. The van der Waals surface area contributed by atoms with Gasteiger partial charge in [-0.05, 0) is 43.8 Å². The van der Waals surface area contributed by atoms with Gasteiger partial charge in [0, 0.05) is 19.1 Å². The minimum Gasteiger partial charge on any atom is -0.338 e. The van der Waals surface area contributed by atoms with E-state index in [2.05, 4.69) is 11.5 Å². The fraction of sp³-hybridized carbons (Fsp3) is 0.750. The molecule has 1 saturated carbocycles. The van der Waals surface area contributed by atoms with Crippen molar-refractivity contribution in [2.75, 3.05) is 26.2 Å². The summed E-state index contributed by atoms with van der Waals surface area (Å²) in [4.78, 5) is 16.0. The first kappa shape index (κ1) is 9.40. The highest BCUT2D eigenvalue weighted by Crippen LogP contribution is 2.49. The van der Waals surface area contributed by atoms with Gasteiger partial charge < -0.3 is 4.90 Å². The first-order valence-corrected chi connectivity index (χ1v) is 5.96. The van der Waals surface area contributed by atoms with Crippen LogP contribution < -0.4 is 0 Å². The monoisotopic (exact) mass is 206 g/mol. The average Bonchev–Trinajstić information content (AvgIpc) is 2.75. The Morgan fingerprint density at radius 3 is 2.33 bits per heavy atom. The smallest absolute Gasteiger partial charge is 0.245 e. The molecular weight excluding hydrogens is 188 g/mol. The Morgan fingerprint density at radius 2 is 1.80 bits per heavy atom. The summed E-state index contributed by atoms with van der Waals surface area (Å²) in [5, 5.41) is 0. The lowest BCUT2D eigenvalue weighted by Gasteiger charge is -2.22. The van der Waals surface area contributed by atoms with Gasteiger partial charge in [-0.25, -0.2) is 0 Å². The topological polar surface area (TPSA) is 23.6 Å². The molecule has 0 aromatic rings. The fourth-order valence-electron chi connectivity index (χ4n) is 3.39. The molecule has 3 aliphatic rings. The predicted molar refractivity (Wildman–Crippen MR) is 58.4 cm³/mol. The molecule has 0 spiro atoms. The summed E-state index contributed by atoms with van der Waals surface area (Å²) < 4.78 is 0. The number of nitrogens with zero attached hydrogens (tertiary/aromatic N) is 2. The van der Waals surface area contributed by atoms with E-state index in [4.69, 9.17) is 0 Å². The SMILES string of the molecule is C=CC(=O)N1CC2C(C1)C2N1CCCC1. The maximum Gasteiger partial charge on any atom is 0.245 e. The minimum atomic E-state index is 0.113. The Hall–Kier alpha value is -0.830. The van der Waals surface area contributed by atoms with Gasteiger partial charge in [-0.15, -0.1) is 0 Å². The van der Waals surface area contributed by atoms with E-state index in [1.165, 1.54) is 32.0 Å². The van der Waals surface area contributed by atoms with Crippen molar-refractivity contribution >= 4 is 5.91 Å². The Morgan fingerprint density at radius 1 is 1.20 bits per heavy atom. The molecular formula is C12H18N2O. The van der Waals surface area contributed by atoms with Crippen molar-refractivity contribution in [1.82, 2.24) is 9.80 Å². The number of carbonyl (C=O) groups is 1.